The number of halogens is 1. The van der Waals surface area contributed by atoms with Crippen LogP contribution in [0.1, 0.15) is 23.2 Å². The van der Waals surface area contributed by atoms with Gasteiger partial charge in [-0.3, -0.25) is 4.79 Å². The fourth-order valence-electron chi connectivity index (χ4n) is 2.04. The Bertz CT molecular complexity index is 442. The lowest BCUT2D eigenvalue weighted by Crippen LogP contribution is -2.32. The van der Waals surface area contributed by atoms with Crippen molar-refractivity contribution < 1.29 is 19.4 Å². The molecule has 0 unspecified atom stereocenters. The molecule has 4 nitrogen and oxygen atoms in total. The Kier molecular flexibility index (Phi) is 3.28. The summed E-state index contributed by atoms with van der Waals surface area (Å²) in [6.45, 7) is 1.48. The number of hydrogen-bond donors (Lipinski definition) is 3. The lowest BCUT2D eigenvalue weighted by Gasteiger charge is -2.21. The number of phenols is 2. The highest BCUT2D eigenvalue weighted by Gasteiger charge is 2.25. The van der Waals surface area contributed by atoms with E-state index >= 15 is 0 Å². The van der Waals surface area contributed by atoms with Gasteiger partial charge in [0.25, 0.3) is 0 Å². The second-order valence-electron chi connectivity index (χ2n) is 4.21. The quantitative estimate of drug-likeness (QED) is 0.539. The van der Waals surface area contributed by atoms with Crippen molar-refractivity contribution in [3.8, 4) is 11.5 Å². The maximum atomic E-state index is 13.5. The Morgan fingerprint density at radius 3 is 2.47 bits per heavy atom. The van der Waals surface area contributed by atoms with Crippen LogP contribution in [0, 0.1) is 11.7 Å². The standard InChI is InChI=1S/C12H14FNO3/c13-9-6-11(16)10(15)5-8(9)12(17)7-1-3-14-4-2-7/h5-7,14-16H,1-4H2. The molecule has 1 saturated heterocycles. The molecule has 1 aromatic carbocycles. The van der Waals surface area contributed by atoms with Crippen molar-refractivity contribution in [3.63, 3.8) is 0 Å². The smallest absolute Gasteiger partial charge is 0.169 e. The van der Waals surface area contributed by atoms with Crippen LogP contribution in [0.4, 0.5) is 4.39 Å². The number of benzene rings is 1. The molecule has 0 atom stereocenters. The number of phenolic OH excluding ortho intramolecular Hbond substituents is 2. The Hall–Kier alpha value is -1.62. The lowest BCUT2D eigenvalue weighted by molar-refractivity contribution is 0.0890. The average molecular weight is 239 g/mol. The van der Waals surface area contributed by atoms with Gasteiger partial charge in [0, 0.05) is 12.0 Å². The first kappa shape index (κ1) is 11.9. The number of piperidine rings is 1. The molecule has 17 heavy (non-hydrogen) atoms. The molecule has 0 spiro atoms. The molecule has 0 aliphatic carbocycles. The molecule has 0 bridgehead atoms. The summed E-state index contributed by atoms with van der Waals surface area (Å²) in [7, 11) is 0. The summed E-state index contributed by atoms with van der Waals surface area (Å²) >= 11 is 0. The van der Waals surface area contributed by atoms with Gasteiger partial charge in [0.1, 0.15) is 5.82 Å². The fourth-order valence-corrected chi connectivity index (χ4v) is 2.04. The zero-order chi connectivity index (χ0) is 12.4. The summed E-state index contributed by atoms with van der Waals surface area (Å²) in [6, 6.07) is 1.76. The predicted octanol–water partition coefficient (Wildman–Crippen LogP) is 1.42. The van der Waals surface area contributed by atoms with Crippen LogP contribution in [-0.4, -0.2) is 29.1 Å². The first-order valence-electron chi connectivity index (χ1n) is 5.56. The van der Waals surface area contributed by atoms with Crippen molar-refractivity contribution in [2.45, 2.75) is 12.8 Å². The number of ketones is 1. The van der Waals surface area contributed by atoms with Crippen LogP contribution in [0.2, 0.25) is 0 Å². The maximum absolute atomic E-state index is 13.5. The van der Waals surface area contributed by atoms with E-state index in [9.17, 15) is 14.3 Å². The van der Waals surface area contributed by atoms with Crippen molar-refractivity contribution >= 4 is 5.78 Å². The van der Waals surface area contributed by atoms with Crippen LogP contribution in [-0.2, 0) is 0 Å². The molecule has 5 heteroatoms. The summed E-state index contributed by atoms with van der Waals surface area (Å²) < 4.78 is 13.5. The monoisotopic (exact) mass is 239 g/mol. The molecular weight excluding hydrogens is 225 g/mol. The zero-order valence-electron chi connectivity index (χ0n) is 9.24. The van der Waals surface area contributed by atoms with Crippen molar-refractivity contribution in [3.05, 3.63) is 23.5 Å². The zero-order valence-corrected chi connectivity index (χ0v) is 9.24. The molecule has 2 rings (SSSR count). The van der Waals surface area contributed by atoms with Gasteiger partial charge in [-0.25, -0.2) is 4.39 Å². The van der Waals surface area contributed by atoms with Crippen LogP contribution in [0.15, 0.2) is 12.1 Å². The van der Waals surface area contributed by atoms with Crippen molar-refractivity contribution in [2.24, 2.45) is 5.92 Å². The number of rotatable bonds is 2. The fraction of sp³-hybridized carbons (Fsp3) is 0.417. The van der Waals surface area contributed by atoms with E-state index in [1.807, 2.05) is 0 Å². The van der Waals surface area contributed by atoms with E-state index in [0.29, 0.717) is 12.8 Å². The molecule has 0 aromatic heterocycles. The highest BCUT2D eigenvalue weighted by molar-refractivity contribution is 5.98. The van der Waals surface area contributed by atoms with Gasteiger partial charge < -0.3 is 15.5 Å². The largest absolute Gasteiger partial charge is 0.504 e. The van der Waals surface area contributed by atoms with E-state index in [2.05, 4.69) is 5.32 Å². The molecule has 92 valence electrons. The summed E-state index contributed by atoms with van der Waals surface area (Å²) in [6.07, 6.45) is 1.33. The topological polar surface area (TPSA) is 69.6 Å². The van der Waals surface area contributed by atoms with Gasteiger partial charge in [-0.2, -0.15) is 0 Å². The van der Waals surface area contributed by atoms with E-state index in [4.69, 9.17) is 5.11 Å². The Balaban J connectivity index is 2.26. The molecular formula is C12H14FNO3. The van der Waals surface area contributed by atoms with Crippen LogP contribution >= 0.6 is 0 Å². The van der Waals surface area contributed by atoms with Gasteiger partial charge >= 0.3 is 0 Å². The minimum atomic E-state index is -0.788. The van der Waals surface area contributed by atoms with Gasteiger partial charge in [-0.05, 0) is 32.0 Å². The van der Waals surface area contributed by atoms with E-state index in [1.54, 1.807) is 0 Å². The van der Waals surface area contributed by atoms with Gasteiger partial charge in [-0.1, -0.05) is 0 Å². The summed E-state index contributed by atoms with van der Waals surface area (Å²) in [5.41, 5.74) is -0.146. The van der Waals surface area contributed by atoms with Crippen molar-refractivity contribution in [2.75, 3.05) is 13.1 Å². The third kappa shape index (κ3) is 2.39. The number of aromatic hydroxyl groups is 2. The van der Waals surface area contributed by atoms with Crippen LogP contribution < -0.4 is 5.32 Å². The van der Waals surface area contributed by atoms with Gasteiger partial charge in [0.05, 0.1) is 5.56 Å². The Labute approximate surface area is 98.1 Å². The Morgan fingerprint density at radius 1 is 1.24 bits per heavy atom. The van der Waals surface area contributed by atoms with Crippen molar-refractivity contribution in [1.82, 2.24) is 5.32 Å². The molecule has 1 heterocycles. The highest BCUT2D eigenvalue weighted by atomic mass is 19.1. The third-order valence-corrected chi connectivity index (χ3v) is 3.04. The predicted molar refractivity (Wildman–Crippen MR) is 59.7 cm³/mol. The van der Waals surface area contributed by atoms with E-state index < -0.39 is 17.3 Å². The molecule has 0 saturated carbocycles. The number of Topliss-reactive ketones (excluding diaryl/α,β-unsaturated/α-hetero) is 1. The minimum absolute atomic E-state index is 0.146. The first-order chi connectivity index (χ1) is 8.09. The first-order valence-corrected chi connectivity index (χ1v) is 5.56. The molecule has 0 amide bonds. The van der Waals surface area contributed by atoms with E-state index in [-0.39, 0.29) is 17.3 Å². The number of carbonyl (C=O) groups excluding carboxylic acids is 1. The highest BCUT2D eigenvalue weighted by Crippen LogP contribution is 2.30. The number of nitrogens with one attached hydrogen (secondary N) is 1. The number of hydrogen-bond acceptors (Lipinski definition) is 4. The molecule has 3 N–H and O–H groups in total. The second-order valence-corrected chi connectivity index (χ2v) is 4.21. The Morgan fingerprint density at radius 2 is 1.82 bits per heavy atom. The second kappa shape index (κ2) is 4.71. The third-order valence-electron chi connectivity index (χ3n) is 3.04. The summed E-state index contributed by atoms with van der Waals surface area (Å²) in [5, 5.41) is 21.5. The summed E-state index contributed by atoms with van der Waals surface area (Å²) in [4.78, 5) is 12.0. The van der Waals surface area contributed by atoms with Gasteiger partial charge in [0.2, 0.25) is 0 Å². The van der Waals surface area contributed by atoms with Crippen LogP contribution in [0.3, 0.4) is 0 Å². The maximum Gasteiger partial charge on any atom is 0.169 e. The normalized spacial score (nSPS) is 17.0. The SMILES string of the molecule is O=C(c1cc(O)c(O)cc1F)C1CCNCC1. The molecule has 1 aliphatic rings. The molecule has 0 radical (unpaired) electrons. The van der Waals surface area contributed by atoms with E-state index in [0.717, 1.165) is 25.2 Å². The lowest BCUT2D eigenvalue weighted by atomic mass is 9.89. The van der Waals surface area contributed by atoms with Crippen LogP contribution in [0.5, 0.6) is 11.5 Å². The molecule has 1 aliphatic heterocycles. The van der Waals surface area contributed by atoms with Gasteiger partial charge in [0.15, 0.2) is 17.3 Å². The summed E-state index contributed by atoms with van der Waals surface area (Å²) in [5.74, 6) is -2.33. The number of carbonyl (C=O) groups is 1. The van der Waals surface area contributed by atoms with E-state index in [1.165, 1.54) is 0 Å². The van der Waals surface area contributed by atoms with Crippen molar-refractivity contribution in [1.29, 1.82) is 0 Å². The van der Waals surface area contributed by atoms with Gasteiger partial charge in [-0.15, -0.1) is 0 Å². The average Bonchev–Trinajstić information content (AvgIpc) is 2.34. The minimum Gasteiger partial charge on any atom is -0.504 e. The molecule has 1 aromatic rings. The van der Waals surface area contributed by atoms with Crippen LogP contribution in [0.25, 0.3) is 0 Å². The molecule has 1 fully saturated rings.